The standard InChI is InChI=1S/C32H25ClF5N7O3S/c1-40-28-25(9-8-21(33)27(28)29(39)44-49(2)48)45-30(24(41-15-46)12-16-10-18(34)14-19(35)11-16)43-23-13-17(6-7-20(23)31(45)47)22-4-3-5-26(42-22)32(36,37)38/h3-11,13-15,24,40H,12H2,1-2H3,(H2,39,44)(H,41,46). The Morgan fingerprint density at radius 2 is 1.80 bits per heavy atom. The summed E-state index contributed by atoms with van der Waals surface area (Å²) in [6.07, 6.45) is -3.36. The highest BCUT2D eigenvalue weighted by atomic mass is 35.5. The summed E-state index contributed by atoms with van der Waals surface area (Å²) in [6.45, 7) is 0. The predicted molar refractivity (Wildman–Crippen MR) is 176 cm³/mol. The highest BCUT2D eigenvalue weighted by Crippen LogP contribution is 2.34. The fourth-order valence-electron chi connectivity index (χ4n) is 5.30. The molecule has 49 heavy (non-hydrogen) atoms. The average molecular weight is 718 g/mol. The maximum atomic E-state index is 14.4. The van der Waals surface area contributed by atoms with Crippen LogP contribution >= 0.6 is 11.6 Å². The van der Waals surface area contributed by atoms with Gasteiger partial charge in [-0.15, -0.1) is 0 Å². The average Bonchev–Trinajstić information content (AvgIpc) is 3.03. The number of nitrogens with zero attached hydrogens (tertiary/aromatic N) is 3. The maximum absolute atomic E-state index is 14.4. The second-order valence-electron chi connectivity index (χ2n) is 10.6. The second-order valence-corrected chi connectivity index (χ2v) is 12.1. The molecule has 4 N–H and O–H groups in total. The second kappa shape index (κ2) is 14.2. The van der Waals surface area contributed by atoms with E-state index >= 15 is 0 Å². The van der Waals surface area contributed by atoms with Gasteiger partial charge in [0.05, 0.1) is 56.0 Å². The number of nitrogens with one attached hydrogen (secondary N) is 4. The predicted octanol–water partition coefficient (Wildman–Crippen LogP) is 5.68. The number of hydrogen-bond acceptors (Lipinski definition) is 7. The topological polar surface area (TPSA) is 148 Å². The molecular weight excluding hydrogens is 693 g/mol. The minimum absolute atomic E-state index is 0.00236. The number of rotatable bonds is 10. The highest BCUT2D eigenvalue weighted by molar-refractivity contribution is 7.89. The van der Waals surface area contributed by atoms with Gasteiger partial charge in [-0.05, 0) is 54.1 Å². The molecule has 10 nitrogen and oxygen atoms in total. The Labute approximate surface area is 283 Å². The van der Waals surface area contributed by atoms with Gasteiger partial charge in [-0.25, -0.2) is 18.7 Å². The number of amidine groups is 1. The third kappa shape index (κ3) is 7.50. The van der Waals surface area contributed by atoms with Gasteiger partial charge in [0.1, 0.15) is 29.4 Å². The number of carbonyl (C=O) groups is 1. The van der Waals surface area contributed by atoms with Crippen molar-refractivity contribution in [2.75, 3.05) is 18.6 Å². The summed E-state index contributed by atoms with van der Waals surface area (Å²) in [5.41, 5.74) is -1.37. The van der Waals surface area contributed by atoms with E-state index in [0.717, 1.165) is 22.8 Å². The van der Waals surface area contributed by atoms with Crippen molar-refractivity contribution in [2.45, 2.75) is 18.6 Å². The van der Waals surface area contributed by atoms with Crippen LogP contribution < -0.4 is 20.9 Å². The van der Waals surface area contributed by atoms with Crippen molar-refractivity contribution in [3.05, 3.63) is 116 Å². The zero-order valence-corrected chi connectivity index (χ0v) is 27.0. The summed E-state index contributed by atoms with van der Waals surface area (Å²) >= 11 is 4.78. The van der Waals surface area contributed by atoms with Crippen LogP contribution in [0.25, 0.3) is 27.8 Å². The molecule has 0 spiro atoms. The molecule has 1 amide bonds. The molecule has 0 aliphatic rings. The number of hydrogen-bond donors (Lipinski definition) is 4. The number of amides is 1. The van der Waals surface area contributed by atoms with E-state index in [0.29, 0.717) is 12.5 Å². The van der Waals surface area contributed by atoms with E-state index in [1.54, 1.807) is 0 Å². The van der Waals surface area contributed by atoms with E-state index in [2.05, 4.69) is 25.3 Å². The summed E-state index contributed by atoms with van der Waals surface area (Å²) in [4.78, 5) is 34.7. The fraction of sp³-hybridized carbons (Fsp3) is 0.156. The lowest BCUT2D eigenvalue weighted by Crippen LogP contribution is -2.33. The molecule has 5 rings (SSSR count). The smallest absolute Gasteiger partial charge is 0.433 e. The van der Waals surface area contributed by atoms with E-state index in [1.807, 2.05) is 0 Å². The van der Waals surface area contributed by atoms with Crippen molar-refractivity contribution in [2.24, 2.45) is 0 Å². The molecule has 2 unspecified atom stereocenters. The number of halogens is 6. The molecule has 2 heterocycles. The number of benzene rings is 3. The SMILES string of the molecule is CNc1c(-n2c(C(Cc3cc(F)cc(F)c3)NC=O)nc3cc(-c4cccc(C(F)(F)F)n4)ccc3c2=O)ccc(Cl)c1C(=N)N[S+](C)[O-]. The fourth-order valence-corrected chi connectivity index (χ4v) is 5.94. The first-order chi connectivity index (χ1) is 23.2. The van der Waals surface area contributed by atoms with Crippen molar-refractivity contribution < 1.29 is 31.3 Å². The Morgan fingerprint density at radius 3 is 2.43 bits per heavy atom. The van der Waals surface area contributed by atoms with Crippen molar-refractivity contribution in [1.29, 1.82) is 5.41 Å². The molecule has 0 radical (unpaired) electrons. The number of carbonyl (C=O) groups excluding carboxylic acids is 1. The van der Waals surface area contributed by atoms with E-state index < -0.39 is 46.5 Å². The molecule has 0 fully saturated rings. The number of alkyl halides is 3. The van der Waals surface area contributed by atoms with Crippen LogP contribution in [0.5, 0.6) is 0 Å². The third-order valence-corrected chi connectivity index (χ3v) is 8.10. The van der Waals surface area contributed by atoms with Gasteiger partial charge in [0.2, 0.25) is 6.41 Å². The zero-order valence-electron chi connectivity index (χ0n) is 25.5. The molecule has 3 aromatic carbocycles. The van der Waals surface area contributed by atoms with Crippen LogP contribution in [0.1, 0.15) is 28.7 Å². The van der Waals surface area contributed by atoms with E-state index in [-0.39, 0.29) is 67.8 Å². The molecule has 0 bridgehead atoms. The molecule has 254 valence electrons. The van der Waals surface area contributed by atoms with Crippen molar-refractivity contribution in [3.8, 4) is 16.9 Å². The van der Waals surface area contributed by atoms with Crippen LogP contribution in [0.4, 0.5) is 27.6 Å². The lowest BCUT2D eigenvalue weighted by atomic mass is 10.0. The first-order valence-electron chi connectivity index (χ1n) is 14.2. The summed E-state index contributed by atoms with van der Waals surface area (Å²) in [7, 11) is 1.49. The van der Waals surface area contributed by atoms with Gasteiger partial charge < -0.3 is 15.2 Å². The first-order valence-corrected chi connectivity index (χ1v) is 16.1. The molecule has 2 aromatic heterocycles. The minimum atomic E-state index is -4.71. The van der Waals surface area contributed by atoms with Crippen molar-refractivity contribution in [3.63, 3.8) is 0 Å². The summed E-state index contributed by atoms with van der Waals surface area (Å²) in [5.74, 6) is -2.27. The molecule has 17 heteroatoms. The van der Waals surface area contributed by atoms with Crippen molar-refractivity contribution in [1.82, 2.24) is 24.6 Å². The van der Waals surface area contributed by atoms with Gasteiger partial charge in [-0.3, -0.25) is 19.6 Å². The number of pyridine rings is 1. The maximum Gasteiger partial charge on any atom is 0.433 e. The first kappa shape index (κ1) is 35.3. The number of anilines is 1. The van der Waals surface area contributed by atoms with E-state index in [9.17, 15) is 36.1 Å². The molecule has 0 saturated heterocycles. The quantitative estimate of drug-likeness (QED) is 0.0478. The zero-order chi connectivity index (χ0) is 35.6. The van der Waals surface area contributed by atoms with Crippen LogP contribution in [0.15, 0.2) is 71.5 Å². The Morgan fingerprint density at radius 1 is 1.08 bits per heavy atom. The van der Waals surface area contributed by atoms with Crippen LogP contribution in [-0.2, 0) is 28.8 Å². The van der Waals surface area contributed by atoms with Crippen LogP contribution in [0.2, 0.25) is 5.02 Å². The largest absolute Gasteiger partial charge is 0.593 e. The van der Waals surface area contributed by atoms with Crippen LogP contribution in [-0.4, -0.2) is 44.6 Å². The molecular formula is C32H25ClF5N7O3S. The third-order valence-electron chi connectivity index (χ3n) is 7.29. The Kier molecular flexibility index (Phi) is 10.2. The summed E-state index contributed by atoms with van der Waals surface area (Å²) in [6, 6.07) is 11.8. The van der Waals surface area contributed by atoms with Gasteiger partial charge in [-0.1, -0.05) is 23.7 Å². The van der Waals surface area contributed by atoms with Crippen molar-refractivity contribution >= 4 is 51.8 Å². The molecule has 0 saturated carbocycles. The number of aromatic nitrogens is 3. The van der Waals surface area contributed by atoms with Gasteiger partial charge in [0.25, 0.3) is 5.56 Å². The highest BCUT2D eigenvalue weighted by Gasteiger charge is 2.32. The summed E-state index contributed by atoms with van der Waals surface area (Å²) in [5, 5.41) is 14.0. The Bertz CT molecular complexity index is 2130. The van der Waals surface area contributed by atoms with Crippen LogP contribution in [0.3, 0.4) is 0 Å². The lowest BCUT2D eigenvalue weighted by molar-refractivity contribution is -0.141. The monoisotopic (exact) mass is 717 g/mol. The normalized spacial score (nSPS) is 12.8. The van der Waals surface area contributed by atoms with Gasteiger partial charge in [0, 0.05) is 25.1 Å². The minimum Gasteiger partial charge on any atom is -0.593 e. The van der Waals surface area contributed by atoms with Gasteiger partial charge in [-0.2, -0.15) is 17.9 Å². The molecule has 0 aliphatic carbocycles. The van der Waals surface area contributed by atoms with E-state index in [1.165, 1.54) is 55.8 Å². The molecule has 0 aliphatic heterocycles. The molecule has 5 aromatic rings. The Hall–Kier alpha value is -5.06. The van der Waals surface area contributed by atoms with Gasteiger partial charge >= 0.3 is 6.18 Å². The van der Waals surface area contributed by atoms with Crippen LogP contribution in [0, 0.1) is 17.0 Å². The van der Waals surface area contributed by atoms with E-state index in [4.69, 9.17) is 17.0 Å². The molecule has 2 atom stereocenters. The lowest BCUT2D eigenvalue weighted by Gasteiger charge is -2.24. The van der Waals surface area contributed by atoms with Gasteiger partial charge in [0.15, 0.2) is 5.84 Å². The summed E-state index contributed by atoms with van der Waals surface area (Å²) < 4.78 is 84.1. The Balaban J connectivity index is 1.81. The number of fused-ring (bicyclic) bond motifs is 1.